The van der Waals surface area contributed by atoms with Gasteiger partial charge in [-0.2, -0.15) is 0 Å². The summed E-state index contributed by atoms with van der Waals surface area (Å²) in [6.07, 6.45) is 1.59. The van der Waals surface area contributed by atoms with Crippen molar-refractivity contribution in [1.82, 2.24) is 15.3 Å². The number of hydrogen-bond acceptors (Lipinski definition) is 6. The molecule has 0 aliphatic heterocycles. The number of fused-ring (bicyclic) bond motifs is 1. The van der Waals surface area contributed by atoms with E-state index in [1.807, 2.05) is 31.2 Å². The number of furan rings is 1. The van der Waals surface area contributed by atoms with Crippen LogP contribution in [0.5, 0.6) is 0 Å². The van der Waals surface area contributed by atoms with Gasteiger partial charge in [-0.1, -0.05) is 42.1 Å². The van der Waals surface area contributed by atoms with Gasteiger partial charge in [-0.15, -0.1) is 11.3 Å². The molecule has 0 bridgehead atoms. The lowest BCUT2D eigenvalue weighted by molar-refractivity contribution is -0.118. The fourth-order valence-electron chi connectivity index (χ4n) is 2.64. The van der Waals surface area contributed by atoms with E-state index in [9.17, 15) is 4.79 Å². The third kappa shape index (κ3) is 4.20. The lowest BCUT2D eigenvalue weighted by Crippen LogP contribution is -2.24. The summed E-state index contributed by atoms with van der Waals surface area (Å²) < 4.78 is 5.22. The third-order valence-electron chi connectivity index (χ3n) is 3.91. The van der Waals surface area contributed by atoms with E-state index in [0.717, 1.165) is 31.4 Å². The second-order valence-electron chi connectivity index (χ2n) is 5.92. The molecular weight excluding hydrogens is 378 g/mol. The fraction of sp³-hybridized carbons (Fsp3) is 0.150. The van der Waals surface area contributed by atoms with Crippen molar-refractivity contribution < 1.29 is 9.21 Å². The van der Waals surface area contributed by atoms with Gasteiger partial charge in [0.1, 0.15) is 21.4 Å². The van der Waals surface area contributed by atoms with Crippen molar-refractivity contribution in [2.75, 3.05) is 5.75 Å². The van der Waals surface area contributed by atoms with Crippen LogP contribution in [0.3, 0.4) is 0 Å². The van der Waals surface area contributed by atoms with Crippen molar-refractivity contribution in [3.05, 3.63) is 66.4 Å². The minimum Gasteiger partial charge on any atom is -0.467 e. The molecule has 0 spiro atoms. The number of carbonyl (C=O) groups is 1. The Morgan fingerprint density at radius 2 is 2.04 bits per heavy atom. The van der Waals surface area contributed by atoms with Crippen LogP contribution in [-0.2, 0) is 11.3 Å². The molecule has 0 saturated carbocycles. The predicted octanol–water partition coefficient (Wildman–Crippen LogP) is 4.67. The highest BCUT2D eigenvalue weighted by atomic mass is 32.2. The van der Waals surface area contributed by atoms with Crippen LogP contribution in [0, 0.1) is 6.92 Å². The Kier molecular flexibility index (Phi) is 5.22. The van der Waals surface area contributed by atoms with Crippen molar-refractivity contribution in [3.8, 4) is 10.4 Å². The molecule has 0 atom stereocenters. The smallest absolute Gasteiger partial charge is 0.230 e. The zero-order valence-corrected chi connectivity index (χ0v) is 16.3. The van der Waals surface area contributed by atoms with Crippen LogP contribution >= 0.6 is 23.1 Å². The Labute approximate surface area is 164 Å². The number of hydrogen-bond donors (Lipinski definition) is 1. The van der Waals surface area contributed by atoms with Gasteiger partial charge >= 0.3 is 0 Å². The molecule has 4 rings (SSSR count). The maximum absolute atomic E-state index is 12.1. The Morgan fingerprint density at radius 1 is 1.19 bits per heavy atom. The largest absolute Gasteiger partial charge is 0.467 e. The fourth-order valence-corrected chi connectivity index (χ4v) is 4.66. The number of carbonyl (C=O) groups excluding carboxylic acids is 1. The maximum atomic E-state index is 12.1. The Balaban J connectivity index is 1.50. The predicted molar refractivity (Wildman–Crippen MR) is 109 cm³/mol. The highest BCUT2D eigenvalue weighted by molar-refractivity contribution is 8.00. The van der Waals surface area contributed by atoms with Crippen molar-refractivity contribution in [1.29, 1.82) is 0 Å². The van der Waals surface area contributed by atoms with E-state index in [1.165, 1.54) is 11.8 Å². The minimum atomic E-state index is -0.0562. The van der Waals surface area contributed by atoms with Crippen molar-refractivity contribution in [3.63, 3.8) is 0 Å². The molecule has 5 nitrogen and oxygen atoms in total. The average Bonchev–Trinajstić information content (AvgIpc) is 3.34. The quantitative estimate of drug-likeness (QED) is 0.380. The molecule has 0 aliphatic rings. The molecule has 0 saturated heterocycles. The van der Waals surface area contributed by atoms with Gasteiger partial charge in [-0.25, -0.2) is 9.97 Å². The van der Waals surface area contributed by atoms with Crippen LogP contribution in [0.15, 0.2) is 64.2 Å². The first-order chi connectivity index (χ1) is 13.2. The van der Waals surface area contributed by atoms with Crippen LogP contribution in [0.4, 0.5) is 0 Å². The lowest BCUT2D eigenvalue weighted by atomic mass is 10.2. The number of aryl methyl sites for hydroxylation is 1. The molecule has 1 amide bonds. The van der Waals surface area contributed by atoms with Crippen LogP contribution in [-0.4, -0.2) is 21.6 Å². The number of thiophene rings is 1. The number of thioether (sulfide) groups is 1. The van der Waals surface area contributed by atoms with Crippen molar-refractivity contribution in [2.45, 2.75) is 18.5 Å². The first-order valence-electron chi connectivity index (χ1n) is 8.44. The number of benzene rings is 1. The topological polar surface area (TPSA) is 68.0 Å². The van der Waals surface area contributed by atoms with Gasteiger partial charge in [0.25, 0.3) is 0 Å². The maximum Gasteiger partial charge on any atom is 0.230 e. The number of aromatic nitrogens is 2. The molecule has 1 aromatic carbocycles. The molecule has 0 fully saturated rings. The second-order valence-corrected chi connectivity index (χ2v) is 7.91. The van der Waals surface area contributed by atoms with Gasteiger partial charge in [0.15, 0.2) is 0 Å². The van der Waals surface area contributed by atoms with Gasteiger partial charge in [0.05, 0.1) is 18.6 Å². The van der Waals surface area contributed by atoms with E-state index >= 15 is 0 Å². The SMILES string of the molecule is Cc1nc(SCC(=O)NCc2ccco2)c2cc(-c3ccccc3)sc2n1. The summed E-state index contributed by atoms with van der Waals surface area (Å²) >= 11 is 3.07. The Hall–Kier alpha value is -2.64. The first kappa shape index (κ1) is 17.8. The molecule has 0 radical (unpaired) electrons. The van der Waals surface area contributed by atoms with E-state index in [4.69, 9.17) is 4.42 Å². The highest BCUT2D eigenvalue weighted by Gasteiger charge is 2.13. The first-order valence-corrected chi connectivity index (χ1v) is 10.2. The summed E-state index contributed by atoms with van der Waals surface area (Å²) in [5.41, 5.74) is 1.16. The molecule has 27 heavy (non-hydrogen) atoms. The standard InChI is InChI=1S/C20H17N3O2S2/c1-13-22-19(26-12-18(24)21-11-15-8-5-9-25-15)16-10-17(27-20(16)23-13)14-6-3-2-4-7-14/h2-10H,11-12H2,1H3,(H,21,24). The number of amides is 1. The molecular formula is C20H17N3O2S2. The third-order valence-corrected chi connectivity index (χ3v) is 5.98. The summed E-state index contributed by atoms with van der Waals surface area (Å²) in [5, 5.41) is 4.69. The Bertz CT molecular complexity index is 1060. The van der Waals surface area contributed by atoms with E-state index in [2.05, 4.69) is 33.5 Å². The normalized spacial score (nSPS) is 11.0. The zero-order valence-electron chi connectivity index (χ0n) is 14.6. The van der Waals surface area contributed by atoms with Gasteiger partial charge < -0.3 is 9.73 Å². The average molecular weight is 396 g/mol. The van der Waals surface area contributed by atoms with Crippen LogP contribution < -0.4 is 5.32 Å². The monoisotopic (exact) mass is 395 g/mol. The van der Waals surface area contributed by atoms with Gasteiger partial charge in [0, 0.05) is 10.3 Å². The van der Waals surface area contributed by atoms with E-state index in [1.54, 1.807) is 23.7 Å². The van der Waals surface area contributed by atoms with Crippen LogP contribution in [0.1, 0.15) is 11.6 Å². The highest BCUT2D eigenvalue weighted by Crippen LogP contribution is 2.36. The summed E-state index contributed by atoms with van der Waals surface area (Å²) in [6, 6.07) is 16.0. The van der Waals surface area contributed by atoms with Gasteiger partial charge in [-0.3, -0.25) is 4.79 Å². The number of nitrogens with zero attached hydrogens (tertiary/aromatic N) is 2. The van der Waals surface area contributed by atoms with Crippen LogP contribution in [0.2, 0.25) is 0 Å². The van der Waals surface area contributed by atoms with Gasteiger partial charge in [0.2, 0.25) is 5.91 Å². The summed E-state index contributed by atoms with van der Waals surface area (Å²) in [6.45, 7) is 2.27. The Morgan fingerprint density at radius 3 is 2.81 bits per heavy atom. The molecule has 4 aromatic rings. The number of nitrogens with one attached hydrogen (secondary N) is 1. The number of rotatable bonds is 6. The minimum absolute atomic E-state index is 0.0562. The van der Waals surface area contributed by atoms with Crippen molar-refractivity contribution in [2.24, 2.45) is 0 Å². The molecule has 1 N–H and O–H groups in total. The van der Waals surface area contributed by atoms with Crippen molar-refractivity contribution >= 4 is 39.2 Å². The second kappa shape index (κ2) is 7.94. The summed E-state index contributed by atoms with van der Waals surface area (Å²) in [7, 11) is 0. The van der Waals surface area contributed by atoms with Crippen LogP contribution in [0.25, 0.3) is 20.7 Å². The molecule has 0 unspecified atom stereocenters. The molecule has 0 aliphatic carbocycles. The zero-order chi connectivity index (χ0) is 18.6. The molecule has 7 heteroatoms. The van der Waals surface area contributed by atoms with E-state index in [0.29, 0.717) is 18.1 Å². The lowest BCUT2D eigenvalue weighted by Gasteiger charge is -2.05. The molecule has 136 valence electrons. The summed E-state index contributed by atoms with van der Waals surface area (Å²) in [4.78, 5) is 23.3. The van der Waals surface area contributed by atoms with Gasteiger partial charge in [-0.05, 0) is 30.7 Å². The summed E-state index contributed by atoms with van der Waals surface area (Å²) in [5.74, 6) is 1.68. The van der Waals surface area contributed by atoms with E-state index < -0.39 is 0 Å². The molecule has 3 aromatic heterocycles. The molecule has 3 heterocycles. The van der Waals surface area contributed by atoms with E-state index in [-0.39, 0.29) is 5.91 Å².